The molecule has 3 nitrogen and oxygen atoms in total. The minimum Gasteiger partial charge on any atom is -0.356 e. The standard InChI is InChI=1S/C21H19FN2O/c1-13(25)24-12-21(10-11-21)18-15-7-3-5-9-17(15)23-19(18)20(24)14-6-2-4-8-16(14)22/h2-9,20,23H,10-12H2,1H3. The van der Waals surface area contributed by atoms with Crippen LogP contribution in [0.25, 0.3) is 10.9 Å². The van der Waals surface area contributed by atoms with Gasteiger partial charge in [0, 0.05) is 41.0 Å². The summed E-state index contributed by atoms with van der Waals surface area (Å²) in [5.74, 6) is -0.279. The number of amides is 1. The molecule has 1 aliphatic carbocycles. The van der Waals surface area contributed by atoms with E-state index in [0.29, 0.717) is 12.1 Å². The highest BCUT2D eigenvalue weighted by Crippen LogP contribution is 2.57. The number of aromatic amines is 1. The van der Waals surface area contributed by atoms with Crippen molar-refractivity contribution in [2.75, 3.05) is 6.54 Å². The van der Waals surface area contributed by atoms with E-state index in [1.165, 1.54) is 17.0 Å². The first-order valence-corrected chi connectivity index (χ1v) is 8.73. The van der Waals surface area contributed by atoms with Crippen LogP contribution in [-0.2, 0) is 10.2 Å². The Balaban J connectivity index is 1.82. The Kier molecular flexibility index (Phi) is 2.91. The topological polar surface area (TPSA) is 36.1 Å². The molecule has 0 bridgehead atoms. The van der Waals surface area contributed by atoms with Crippen LogP contribution < -0.4 is 0 Å². The molecular weight excluding hydrogens is 315 g/mol. The van der Waals surface area contributed by atoms with Gasteiger partial charge in [0.15, 0.2) is 0 Å². The molecule has 126 valence electrons. The van der Waals surface area contributed by atoms with E-state index in [0.717, 1.165) is 24.1 Å². The first-order chi connectivity index (χ1) is 12.1. The van der Waals surface area contributed by atoms with E-state index in [9.17, 15) is 9.18 Å². The fourth-order valence-electron chi connectivity index (χ4n) is 4.46. The SMILES string of the molecule is CC(=O)N1CC2(CC2)c2c([nH]c3ccccc23)C1c1ccccc1F. The van der Waals surface area contributed by atoms with Crippen molar-refractivity contribution in [3.8, 4) is 0 Å². The Hall–Kier alpha value is -2.62. The molecule has 3 aromatic rings. The number of aromatic nitrogens is 1. The highest BCUT2D eigenvalue weighted by molar-refractivity contribution is 5.88. The molecule has 1 aliphatic heterocycles. The molecule has 0 saturated heterocycles. The number of carbonyl (C=O) groups excluding carboxylic acids is 1. The quantitative estimate of drug-likeness (QED) is 0.708. The van der Waals surface area contributed by atoms with E-state index in [2.05, 4.69) is 17.1 Å². The Morgan fingerprint density at radius 1 is 1.16 bits per heavy atom. The van der Waals surface area contributed by atoms with Gasteiger partial charge in [-0.2, -0.15) is 0 Å². The van der Waals surface area contributed by atoms with Gasteiger partial charge in [-0.15, -0.1) is 0 Å². The van der Waals surface area contributed by atoms with E-state index in [1.807, 2.05) is 23.1 Å². The third kappa shape index (κ3) is 2.00. The zero-order valence-corrected chi connectivity index (χ0v) is 14.1. The summed E-state index contributed by atoms with van der Waals surface area (Å²) < 4.78 is 14.6. The summed E-state index contributed by atoms with van der Waals surface area (Å²) >= 11 is 0. The fraction of sp³-hybridized carbons (Fsp3) is 0.286. The molecule has 1 aromatic heterocycles. The maximum absolute atomic E-state index is 14.6. The van der Waals surface area contributed by atoms with Crippen molar-refractivity contribution < 1.29 is 9.18 Å². The van der Waals surface area contributed by atoms with E-state index < -0.39 is 6.04 Å². The zero-order chi connectivity index (χ0) is 17.2. The van der Waals surface area contributed by atoms with Crippen LogP contribution in [0.2, 0.25) is 0 Å². The lowest BCUT2D eigenvalue weighted by molar-refractivity contribution is -0.131. The minimum atomic E-state index is -0.396. The molecule has 5 rings (SSSR count). The van der Waals surface area contributed by atoms with Crippen molar-refractivity contribution in [3.63, 3.8) is 0 Å². The Labute approximate surface area is 145 Å². The monoisotopic (exact) mass is 334 g/mol. The van der Waals surface area contributed by atoms with Gasteiger partial charge in [0.05, 0.1) is 0 Å². The van der Waals surface area contributed by atoms with Crippen molar-refractivity contribution in [1.82, 2.24) is 9.88 Å². The molecule has 1 saturated carbocycles. The van der Waals surface area contributed by atoms with Crippen LogP contribution in [0.4, 0.5) is 4.39 Å². The number of fused-ring (bicyclic) bond motifs is 4. The molecule has 1 spiro atoms. The van der Waals surface area contributed by atoms with Gasteiger partial charge in [-0.3, -0.25) is 4.79 Å². The van der Waals surface area contributed by atoms with Gasteiger partial charge in [0.25, 0.3) is 0 Å². The van der Waals surface area contributed by atoms with Crippen LogP contribution in [0, 0.1) is 5.82 Å². The van der Waals surface area contributed by atoms with Crippen LogP contribution in [0.5, 0.6) is 0 Å². The third-order valence-corrected chi connectivity index (χ3v) is 5.78. The molecular formula is C21H19FN2O. The molecule has 1 N–H and O–H groups in total. The third-order valence-electron chi connectivity index (χ3n) is 5.78. The van der Waals surface area contributed by atoms with Crippen LogP contribution in [-0.4, -0.2) is 22.3 Å². The van der Waals surface area contributed by atoms with Gasteiger partial charge in [0.2, 0.25) is 5.91 Å². The number of hydrogen-bond acceptors (Lipinski definition) is 1. The van der Waals surface area contributed by atoms with E-state index >= 15 is 0 Å². The predicted molar refractivity (Wildman–Crippen MR) is 94.8 cm³/mol. The lowest BCUT2D eigenvalue weighted by Gasteiger charge is -2.40. The largest absolute Gasteiger partial charge is 0.356 e. The normalized spacial score (nSPS) is 20.7. The molecule has 1 atom stereocenters. The van der Waals surface area contributed by atoms with Crippen molar-refractivity contribution in [2.45, 2.75) is 31.2 Å². The summed E-state index contributed by atoms with van der Waals surface area (Å²) in [5.41, 5.74) is 3.91. The smallest absolute Gasteiger partial charge is 0.220 e. The molecule has 1 unspecified atom stereocenters. The van der Waals surface area contributed by atoms with Crippen molar-refractivity contribution in [3.05, 3.63) is 71.2 Å². The highest BCUT2D eigenvalue weighted by atomic mass is 19.1. The van der Waals surface area contributed by atoms with Crippen molar-refractivity contribution >= 4 is 16.8 Å². The Morgan fingerprint density at radius 3 is 2.60 bits per heavy atom. The number of H-pyrrole nitrogens is 1. The lowest BCUT2D eigenvalue weighted by Crippen LogP contribution is -2.44. The van der Waals surface area contributed by atoms with E-state index in [4.69, 9.17) is 0 Å². The van der Waals surface area contributed by atoms with Crippen molar-refractivity contribution in [1.29, 1.82) is 0 Å². The first-order valence-electron chi connectivity index (χ1n) is 8.73. The van der Waals surface area contributed by atoms with E-state index in [-0.39, 0.29) is 17.1 Å². The fourth-order valence-corrected chi connectivity index (χ4v) is 4.46. The van der Waals surface area contributed by atoms with Gasteiger partial charge < -0.3 is 9.88 Å². The second kappa shape index (κ2) is 4.94. The van der Waals surface area contributed by atoms with Crippen LogP contribution in [0.3, 0.4) is 0 Å². The van der Waals surface area contributed by atoms with E-state index in [1.54, 1.807) is 19.1 Å². The first kappa shape index (κ1) is 14.7. The molecule has 2 aliphatic rings. The Morgan fingerprint density at radius 2 is 1.88 bits per heavy atom. The second-order valence-electron chi connectivity index (χ2n) is 7.31. The molecule has 0 radical (unpaired) electrons. The highest BCUT2D eigenvalue weighted by Gasteiger charge is 2.54. The average molecular weight is 334 g/mol. The number of benzene rings is 2. The number of hydrogen-bond donors (Lipinski definition) is 1. The van der Waals surface area contributed by atoms with Crippen LogP contribution in [0.15, 0.2) is 48.5 Å². The molecule has 2 aromatic carbocycles. The number of halogens is 1. The maximum atomic E-state index is 14.6. The van der Waals surface area contributed by atoms with Crippen molar-refractivity contribution in [2.24, 2.45) is 0 Å². The average Bonchev–Trinajstić information content (AvgIpc) is 3.25. The summed E-state index contributed by atoms with van der Waals surface area (Å²) in [6.07, 6.45) is 2.16. The number of rotatable bonds is 1. The minimum absolute atomic E-state index is 0.0103. The van der Waals surface area contributed by atoms with Gasteiger partial charge >= 0.3 is 0 Å². The molecule has 2 heterocycles. The van der Waals surface area contributed by atoms with Gasteiger partial charge in [0.1, 0.15) is 11.9 Å². The van der Waals surface area contributed by atoms with Gasteiger partial charge in [-0.25, -0.2) is 4.39 Å². The zero-order valence-electron chi connectivity index (χ0n) is 14.1. The number of carbonyl (C=O) groups is 1. The van der Waals surface area contributed by atoms with Gasteiger partial charge in [-0.05, 0) is 30.5 Å². The predicted octanol–water partition coefficient (Wildman–Crippen LogP) is 4.29. The summed E-state index contributed by atoms with van der Waals surface area (Å²) in [4.78, 5) is 17.8. The summed E-state index contributed by atoms with van der Waals surface area (Å²) in [5, 5.41) is 1.21. The summed E-state index contributed by atoms with van der Waals surface area (Å²) in [7, 11) is 0. The Bertz CT molecular complexity index is 1000. The lowest BCUT2D eigenvalue weighted by atomic mass is 9.83. The van der Waals surface area contributed by atoms with Crippen LogP contribution >= 0.6 is 0 Å². The molecule has 25 heavy (non-hydrogen) atoms. The number of nitrogens with zero attached hydrogens (tertiary/aromatic N) is 1. The van der Waals surface area contributed by atoms with Gasteiger partial charge in [-0.1, -0.05) is 36.4 Å². The van der Waals surface area contributed by atoms with Crippen LogP contribution in [0.1, 0.15) is 42.6 Å². The molecule has 1 fully saturated rings. The summed E-state index contributed by atoms with van der Waals surface area (Å²) in [6, 6.07) is 14.6. The number of para-hydroxylation sites is 1. The second-order valence-corrected chi connectivity index (χ2v) is 7.31. The molecule has 1 amide bonds. The molecule has 4 heteroatoms. The maximum Gasteiger partial charge on any atom is 0.220 e. The number of nitrogens with one attached hydrogen (secondary N) is 1. The summed E-state index contributed by atoms with van der Waals surface area (Å²) in [6.45, 7) is 2.24.